The molecule has 1 saturated heterocycles. The summed E-state index contributed by atoms with van der Waals surface area (Å²) in [7, 11) is 0. The van der Waals surface area contributed by atoms with E-state index in [2.05, 4.69) is 11.9 Å². The first-order valence-electron chi connectivity index (χ1n) is 12.8. The van der Waals surface area contributed by atoms with Crippen molar-refractivity contribution in [3.05, 3.63) is 101 Å². The smallest absolute Gasteiger partial charge is 0.336 e. The number of hydrogen-bond acceptors (Lipinski definition) is 6. The molecular weight excluding hydrogens is 532 g/mol. The standard InChI is InChI=1S/C31H29ClN2O6/c1-4-9-21-16-20(12-14-27(21)40-19-22-10-7-8-11-25(22)32)17-24-29(35)33-31(37)34(30(24)36)26-18-23(38-5-2)13-15-28(26)39-6-3/h4,7-8,10-18H,1,5-6,9,19H2,2-3H3,(H,33,35,37)/b24-17+. The molecule has 1 heterocycles. The largest absolute Gasteiger partial charge is 0.494 e. The first kappa shape index (κ1) is 28.4. The van der Waals surface area contributed by atoms with Crippen LogP contribution in [0.3, 0.4) is 0 Å². The number of allylic oxidation sites excluding steroid dienone is 1. The van der Waals surface area contributed by atoms with Gasteiger partial charge < -0.3 is 14.2 Å². The highest BCUT2D eigenvalue weighted by atomic mass is 35.5. The minimum absolute atomic E-state index is 0.171. The van der Waals surface area contributed by atoms with E-state index in [4.69, 9.17) is 25.8 Å². The monoisotopic (exact) mass is 560 g/mol. The fourth-order valence-electron chi connectivity index (χ4n) is 4.16. The Labute approximate surface area is 237 Å². The SMILES string of the molecule is C=CCc1cc(/C=C2\C(=O)NC(=O)N(c3cc(OCC)ccc3OCC)C2=O)ccc1OCc1ccccc1Cl. The van der Waals surface area contributed by atoms with Crippen molar-refractivity contribution in [1.29, 1.82) is 0 Å². The minimum atomic E-state index is -0.877. The molecular formula is C31H29ClN2O6. The lowest BCUT2D eigenvalue weighted by molar-refractivity contribution is -0.122. The molecule has 0 spiro atoms. The van der Waals surface area contributed by atoms with Crippen LogP contribution in [0.1, 0.15) is 30.5 Å². The molecule has 4 rings (SSSR count). The average molecular weight is 561 g/mol. The van der Waals surface area contributed by atoms with Gasteiger partial charge in [-0.15, -0.1) is 6.58 Å². The maximum absolute atomic E-state index is 13.6. The third-order valence-corrected chi connectivity index (χ3v) is 6.35. The summed E-state index contributed by atoms with van der Waals surface area (Å²) in [5.74, 6) is -0.212. The molecule has 9 heteroatoms. The van der Waals surface area contributed by atoms with E-state index in [9.17, 15) is 14.4 Å². The Kier molecular flexibility index (Phi) is 9.24. The predicted molar refractivity (Wildman–Crippen MR) is 154 cm³/mol. The van der Waals surface area contributed by atoms with Crippen LogP contribution in [0, 0.1) is 0 Å². The maximum atomic E-state index is 13.6. The molecule has 0 aromatic heterocycles. The van der Waals surface area contributed by atoms with Crippen molar-refractivity contribution in [2.45, 2.75) is 26.9 Å². The van der Waals surface area contributed by atoms with Crippen molar-refractivity contribution in [2.75, 3.05) is 18.1 Å². The molecule has 3 aromatic rings. The lowest BCUT2D eigenvalue weighted by atomic mass is 10.0. The molecule has 1 N–H and O–H groups in total. The summed E-state index contributed by atoms with van der Waals surface area (Å²) < 4.78 is 17.2. The van der Waals surface area contributed by atoms with Gasteiger partial charge in [-0.2, -0.15) is 0 Å². The molecule has 0 unspecified atom stereocenters. The van der Waals surface area contributed by atoms with Gasteiger partial charge in [0.15, 0.2) is 0 Å². The van der Waals surface area contributed by atoms with E-state index in [1.165, 1.54) is 12.1 Å². The summed E-state index contributed by atoms with van der Waals surface area (Å²) in [5, 5.41) is 2.86. The van der Waals surface area contributed by atoms with E-state index >= 15 is 0 Å². The van der Waals surface area contributed by atoms with Crippen LogP contribution < -0.4 is 24.4 Å². The zero-order valence-corrected chi connectivity index (χ0v) is 23.0. The van der Waals surface area contributed by atoms with Crippen LogP contribution in [-0.2, 0) is 22.6 Å². The van der Waals surface area contributed by atoms with Crippen molar-refractivity contribution in [2.24, 2.45) is 0 Å². The van der Waals surface area contributed by atoms with Crippen molar-refractivity contribution in [3.8, 4) is 17.2 Å². The van der Waals surface area contributed by atoms with Gasteiger partial charge in [-0.1, -0.05) is 41.9 Å². The molecule has 8 nitrogen and oxygen atoms in total. The molecule has 0 atom stereocenters. The van der Waals surface area contributed by atoms with Crippen LogP contribution in [0.5, 0.6) is 17.2 Å². The molecule has 1 aliphatic heterocycles. The van der Waals surface area contributed by atoms with Gasteiger partial charge >= 0.3 is 6.03 Å². The Morgan fingerprint density at radius 2 is 1.65 bits per heavy atom. The third kappa shape index (κ3) is 6.35. The number of barbiturate groups is 1. The maximum Gasteiger partial charge on any atom is 0.336 e. The van der Waals surface area contributed by atoms with Crippen LogP contribution >= 0.6 is 11.6 Å². The molecule has 1 fully saturated rings. The molecule has 0 radical (unpaired) electrons. The highest BCUT2D eigenvalue weighted by Gasteiger charge is 2.38. The van der Waals surface area contributed by atoms with Gasteiger partial charge in [0.05, 0.1) is 18.9 Å². The second-order valence-electron chi connectivity index (χ2n) is 8.69. The van der Waals surface area contributed by atoms with E-state index in [1.54, 1.807) is 49.4 Å². The zero-order valence-electron chi connectivity index (χ0n) is 22.2. The second-order valence-corrected chi connectivity index (χ2v) is 9.10. The number of nitrogens with one attached hydrogen (secondary N) is 1. The number of imide groups is 2. The number of ether oxygens (including phenoxy) is 3. The molecule has 4 amide bonds. The molecule has 0 saturated carbocycles. The number of carbonyl (C=O) groups is 3. The number of rotatable bonds is 11. The minimum Gasteiger partial charge on any atom is -0.494 e. The summed E-state index contributed by atoms with van der Waals surface area (Å²) in [4.78, 5) is 40.1. The number of halogens is 1. The van der Waals surface area contributed by atoms with Gasteiger partial charge in [0, 0.05) is 16.7 Å². The van der Waals surface area contributed by atoms with Gasteiger partial charge in [0.25, 0.3) is 11.8 Å². The van der Waals surface area contributed by atoms with Gasteiger partial charge in [-0.25, -0.2) is 9.69 Å². The number of anilines is 1. The van der Waals surface area contributed by atoms with Crippen LogP contribution in [0.25, 0.3) is 6.08 Å². The van der Waals surface area contributed by atoms with Crippen molar-refractivity contribution in [3.63, 3.8) is 0 Å². The van der Waals surface area contributed by atoms with Gasteiger partial charge in [0.1, 0.15) is 29.4 Å². The van der Waals surface area contributed by atoms with Crippen LogP contribution in [-0.4, -0.2) is 31.1 Å². The number of urea groups is 1. The summed E-state index contributed by atoms with van der Waals surface area (Å²) in [5.41, 5.74) is 2.18. The molecule has 206 valence electrons. The first-order valence-corrected chi connectivity index (χ1v) is 13.1. The summed E-state index contributed by atoms with van der Waals surface area (Å²) in [6.45, 7) is 8.40. The van der Waals surface area contributed by atoms with Crippen LogP contribution in [0.2, 0.25) is 5.02 Å². The van der Waals surface area contributed by atoms with E-state index in [0.717, 1.165) is 16.0 Å². The van der Waals surface area contributed by atoms with Crippen molar-refractivity contribution in [1.82, 2.24) is 5.32 Å². The van der Waals surface area contributed by atoms with E-state index < -0.39 is 17.8 Å². The Morgan fingerprint density at radius 1 is 0.900 bits per heavy atom. The second kappa shape index (κ2) is 13.0. The number of nitrogens with zero attached hydrogens (tertiary/aromatic N) is 1. The number of hydrogen-bond donors (Lipinski definition) is 1. The molecule has 3 aromatic carbocycles. The summed E-state index contributed by atoms with van der Waals surface area (Å²) in [6.07, 6.45) is 3.66. The number of amides is 4. The average Bonchev–Trinajstić information content (AvgIpc) is 2.93. The summed E-state index contributed by atoms with van der Waals surface area (Å²) >= 11 is 6.25. The number of benzene rings is 3. The Hall–Kier alpha value is -4.56. The summed E-state index contributed by atoms with van der Waals surface area (Å²) in [6, 6.07) is 16.7. The Balaban J connectivity index is 1.67. The molecule has 0 bridgehead atoms. The fourth-order valence-corrected chi connectivity index (χ4v) is 4.36. The molecule has 0 aliphatic carbocycles. The lowest BCUT2D eigenvalue weighted by Crippen LogP contribution is -2.54. The predicted octanol–water partition coefficient (Wildman–Crippen LogP) is 6.11. The van der Waals surface area contributed by atoms with Gasteiger partial charge in [0.2, 0.25) is 0 Å². The quantitative estimate of drug-likeness (QED) is 0.173. The molecule has 1 aliphatic rings. The highest BCUT2D eigenvalue weighted by molar-refractivity contribution is 6.39. The Bertz CT molecular complexity index is 1480. The first-order chi connectivity index (χ1) is 19.4. The normalized spacial score (nSPS) is 14.2. The van der Waals surface area contributed by atoms with Crippen molar-refractivity contribution >= 4 is 41.2 Å². The highest BCUT2D eigenvalue weighted by Crippen LogP contribution is 2.35. The topological polar surface area (TPSA) is 94.2 Å². The number of carbonyl (C=O) groups excluding carboxylic acids is 3. The van der Waals surface area contributed by atoms with Crippen molar-refractivity contribution < 1.29 is 28.6 Å². The van der Waals surface area contributed by atoms with Crippen LogP contribution in [0.15, 0.2) is 78.9 Å². The fraction of sp³-hybridized carbons (Fsp3) is 0.194. The van der Waals surface area contributed by atoms with Crippen LogP contribution in [0.4, 0.5) is 10.5 Å². The van der Waals surface area contributed by atoms with E-state index in [0.29, 0.717) is 47.5 Å². The Morgan fingerprint density at radius 3 is 2.38 bits per heavy atom. The lowest BCUT2D eigenvalue weighted by Gasteiger charge is -2.28. The van der Waals surface area contributed by atoms with E-state index in [-0.39, 0.29) is 17.9 Å². The van der Waals surface area contributed by atoms with Gasteiger partial charge in [-0.05, 0) is 67.8 Å². The third-order valence-electron chi connectivity index (χ3n) is 5.98. The molecule has 40 heavy (non-hydrogen) atoms. The zero-order chi connectivity index (χ0) is 28.6. The van der Waals surface area contributed by atoms with E-state index in [1.807, 2.05) is 25.1 Å². The van der Waals surface area contributed by atoms with Gasteiger partial charge in [-0.3, -0.25) is 14.9 Å².